The number of amides is 1. The van der Waals surface area contributed by atoms with Gasteiger partial charge in [0.1, 0.15) is 11.6 Å². The zero-order valence-corrected chi connectivity index (χ0v) is 15.6. The number of nitrogens with zero attached hydrogens (tertiary/aromatic N) is 3. The van der Waals surface area contributed by atoms with Crippen LogP contribution in [0.1, 0.15) is 16.1 Å². The maximum atomic E-state index is 12.2. The third-order valence-corrected chi connectivity index (χ3v) is 4.13. The smallest absolute Gasteiger partial charge is 0.277 e. The van der Waals surface area contributed by atoms with Crippen LogP contribution in [0.4, 0.5) is 5.82 Å². The Morgan fingerprint density at radius 2 is 2.16 bits per heavy atom. The molecule has 1 aromatic carbocycles. The number of benzene rings is 1. The predicted octanol–water partition coefficient (Wildman–Crippen LogP) is 4.29. The van der Waals surface area contributed by atoms with Gasteiger partial charge in [-0.25, -0.2) is 9.67 Å². The van der Waals surface area contributed by atoms with Gasteiger partial charge >= 0.3 is 0 Å². The average molecular weight is 422 g/mol. The summed E-state index contributed by atoms with van der Waals surface area (Å²) in [5.41, 5.74) is 1.30. The molecule has 8 heteroatoms. The first kappa shape index (κ1) is 17.4. The molecular formula is C17H14BrClN4O2. The lowest BCUT2D eigenvalue weighted by Crippen LogP contribution is -2.15. The van der Waals surface area contributed by atoms with Gasteiger partial charge in [-0.3, -0.25) is 4.79 Å². The highest BCUT2D eigenvalue weighted by Crippen LogP contribution is 2.28. The Hall–Kier alpha value is -2.38. The molecule has 2 aromatic heterocycles. The minimum atomic E-state index is -0.331. The standard InChI is InChI=1S/C17H14BrClN4O2/c1-11-2-5-16(20-9-11)21-17(24)14-6-7-23(22-14)10-25-15-4-3-12(19)8-13(15)18/h2-9H,10H2,1H3,(H,20,21,24). The van der Waals surface area contributed by atoms with Crippen LogP contribution in [-0.4, -0.2) is 20.7 Å². The van der Waals surface area contributed by atoms with Crippen LogP contribution in [0.25, 0.3) is 0 Å². The van der Waals surface area contributed by atoms with Crippen molar-refractivity contribution >= 4 is 39.3 Å². The first-order valence-electron chi connectivity index (χ1n) is 7.36. The molecule has 6 nitrogen and oxygen atoms in total. The van der Waals surface area contributed by atoms with Crippen LogP contribution in [-0.2, 0) is 6.73 Å². The van der Waals surface area contributed by atoms with Crippen molar-refractivity contribution in [1.82, 2.24) is 14.8 Å². The molecule has 0 spiro atoms. The monoisotopic (exact) mass is 420 g/mol. The average Bonchev–Trinajstić information content (AvgIpc) is 3.05. The van der Waals surface area contributed by atoms with Crippen molar-refractivity contribution in [2.24, 2.45) is 0 Å². The number of pyridine rings is 1. The second-order valence-electron chi connectivity index (χ2n) is 5.26. The zero-order chi connectivity index (χ0) is 17.8. The van der Waals surface area contributed by atoms with Crippen LogP contribution in [0.5, 0.6) is 5.75 Å². The van der Waals surface area contributed by atoms with Gasteiger partial charge in [-0.1, -0.05) is 17.7 Å². The Morgan fingerprint density at radius 1 is 1.32 bits per heavy atom. The molecule has 0 bridgehead atoms. The summed E-state index contributed by atoms with van der Waals surface area (Å²) in [5.74, 6) is 0.782. The van der Waals surface area contributed by atoms with Gasteiger partial charge in [0.25, 0.3) is 5.91 Å². The van der Waals surface area contributed by atoms with E-state index < -0.39 is 0 Å². The lowest BCUT2D eigenvalue weighted by atomic mass is 10.3. The Balaban J connectivity index is 1.61. The maximum Gasteiger partial charge on any atom is 0.277 e. The number of aryl methyl sites for hydroxylation is 1. The molecule has 0 saturated carbocycles. The van der Waals surface area contributed by atoms with E-state index in [9.17, 15) is 4.79 Å². The number of aromatic nitrogens is 3. The highest BCUT2D eigenvalue weighted by molar-refractivity contribution is 9.10. The molecule has 0 saturated heterocycles. The van der Waals surface area contributed by atoms with Gasteiger partial charge < -0.3 is 10.1 Å². The van der Waals surface area contributed by atoms with Crippen LogP contribution in [0.3, 0.4) is 0 Å². The molecular weight excluding hydrogens is 408 g/mol. The van der Waals surface area contributed by atoms with Crippen molar-refractivity contribution in [2.75, 3.05) is 5.32 Å². The molecule has 3 rings (SSSR count). The first-order chi connectivity index (χ1) is 12.0. The predicted molar refractivity (Wildman–Crippen MR) is 98.9 cm³/mol. The van der Waals surface area contributed by atoms with Gasteiger partial charge in [-0.15, -0.1) is 0 Å². The summed E-state index contributed by atoms with van der Waals surface area (Å²) in [4.78, 5) is 16.3. The Bertz CT molecular complexity index is 896. The summed E-state index contributed by atoms with van der Waals surface area (Å²) in [5, 5.41) is 7.51. The first-order valence-corrected chi connectivity index (χ1v) is 8.54. The summed E-state index contributed by atoms with van der Waals surface area (Å²) >= 11 is 9.28. The molecule has 0 atom stereocenters. The highest BCUT2D eigenvalue weighted by atomic mass is 79.9. The zero-order valence-electron chi connectivity index (χ0n) is 13.2. The molecule has 0 aliphatic rings. The summed E-state index contributed by atoms with van der Waals surface area (Å²) in [7, 11) is 0. The second kappa shape index (κ2) is 7.67. The van der Waals surface area contributed by atoms with E-state index in [1.165, 1.54) is 4.68 Å². The van der Waals surface area contributed by atoms with Crippen LogP contribution in [0.15, 0.2) is 53.3 Å². The molecule has 0 fully saturated rings. The number of ether oxygens (including phenoxy) is 1. The number of rotatable bonds is 5. The molecule has 0 unspecified atom stereocenters. The fraction of sp³-hybridized carbons (Fsp3) is 0.118. The van der Waals surface area contributed by atoms with Gasteiger partial charge in [-0.2, -0.15) is 5.10 Å². The summed E-state index contributed by atoms with van der Waals surface area (Å²) in [6.45, 7) is 2.09. The van der Waals surface area contributed by atoms with E-state index in [2.05, 4.69) is 31.3 Å². The number of halogens is 2. The van der Waals surface area contributed by atoms with Crippen molar-refractivity contribution in [3.05, 3.63) is 69.5 Å². The Labute approximate surface area is 157 Å². The largest absolute Gasteiger partial charge is 0.470 e. The van der Waals surface area contributed by atoms with Crippen LogP contribution in [0.2, 0.25) is 5.02 Å². The molecule has 0 aliphatic heterocycles. The van der Waals surface area contributed by atoms with Gasteiger partial charge in [0.2, 0.25) is 0 Å². The van der Waals surface area contributed by atoms with E-state index in [4.69, 9.17) is 16.3 Å². The van der Waals surface area contributed by atoms with Crippen LogP contribution >= 0.6 is 27.5 Å². The molecule has 0 radical (unpaired) electrons. The van der Waals surface area contributed by atoms with Crippen molar-refractivity contribution < 1.29 is 9.53 Å². The van der Waals surface area contributed by atoms with Crippen LogP contribution in [0, 0.1) is 6.92 Å². The minimum Gasteiger partial charge on any atom is -0.470 e. The molecule has 1 amide bonds. The number of carbonyl (C=O) groups is 1. The summed E-state index contributed by atoms with van der Waals surface area (Å²) in [6.07, 6.45) is 3.35. The van der Waals surface area contributed by atoms with Gasteiger partial charge in [-0.05, 0) is 58.7 Å². The third kappa shape index (κ3) is 4.58. The van der Waals surface area contributed by atoms with E-state index in [0.717, 1.165) is 10.0 Å². The van der Waals surface area contributed by atoms with E-state index in [-0.39, 0.29) is 18.3 Å². The number of anilines is 1. The van der Waals surface area contributed by atoms with Gasteiger partial charge in [0, 0.05) is 17.4 Å². The number of hydrogen-bond donors (Lipinski definition) is 1. The maximum absolute atomic E-state index is 12.2. The molecule has 128 valence electrons. The summed E-state index contributed by atoms with van der Waals surface area (Å²) < 4.78 is 7.93. The van der Waals surface area contributed by atoms with E-state index in [1.807, 2.05) is 13.0 Å². The number of hydrogen-bond acceptors (Lipinski definition) is 4. The lowest BCUT2D eigenvalue weighted by Gasteiger charge is -2.08. The van der Waals surface area contributed by atoms with E-state index in [1.54, 1.807) is 42.7 Å². The number of carbonyl (C=O) groups excluding carboxylic acids is 1. The number of nitrogens with one attached hydrogen (secondary N) is 1. The quantitative estimate of drug-likeness (QED) is 0.667. The van der Waals surface area contributed by atoms with Gasteiger partial charge in [0.15, 0.2) is 12.4 Å². The fourth-order valence-electron chi connectivity index (χ4n) is 2.00. The van der Waals surface area contributed by atoms with Crippen molar-refractivity contribution in [3.8, 4) is 5.75 Å². The molecule has 3 aromatic rings. The fourth-order valence-corrected chi connectivity index (χ4v) is 2.80. The minimum absolute atomic E-state index is 0.163. The molecule has 2 heterocycles. The van der Waals surface area contributed by atoms with Crippen molar-refractivity contribution in [2.45, 2.75) is 13.7 Å². The molecule has 0 aliphatic carbocycles. The Kier molecular flexibility index (Phi) is 5.35. The lowest BCUT2D eigenvalue weighted by molar-refractivity contribution is 0.102. The Morgan fingerprint density at radius 3 is 2.88 bits per heavy atom. The van der Waals surface area contributed by atoms with E-state index in [0.29, 0.717) is 16.6 Å². The molecule has 25 heavy (non-hydrogen) atoms. The van der Waals surface area contributed by atoms with E-state index >= 15 is 0 Å². The van der Waals surface area contributed by atoms with Gasteiger partial charge in [0.05, 0.1) is 4.47 Å². The normalized spacial score (nSPS) is 10.5. The van der Waals surface area contributed by atoms with Crippen LogP contribution < -0.4 is 10.1 Å². The highest BCUT2D eigenvalue weighted by Gasteiger charge is 2.11. The second-order valence-corrected chi connectivity index (χ2v) is 6.55. The third-order valence-electron chi connectivity index (χ3n) is 3.27. The topological polar surface area (TPSA) is 69.0 Å². The SMILES string of the molecule is Cc1ccc(NC(=O)c2ccn(COc3ccc(Cl)cc3Br)n2)nc1. The molecule has 1 N–H and O–H groups in total. The van der Waals surface area contributed by atoms with Crippen molar-refractivity contribution in [3.63, 3.8) is 0 Å². The van der Waals surface area contributed by atoms with Crippen molar-refractivity contribution in [1.29, 1.82) is 0 Å². The summed E-state index contributed by atoms with van der Waals surface area (Å²) in [6, 6.07) is 10.5.